The van der Waals surface area contributed by atoms with Gasteiger partial charge in [-0.25, -0.2) is 9.98 Å². The zero-order valence-corrected chi connectivity index (χ0v) is 30.0. The third-order valence-corrected chi connectivity index (χ3v) is 10.8. The van der Waals surface area contributed by atoms with Crippen LogP contribution in [-0.2, 0) is 25.7 Å². The highest BCUT2D eigenvalue weighted by atomic mass is 16.3. The lowest BCUT2D eigenvalue weighted by atomic mass is 9.94. The van der Waals surface area contributed by atoms with Crippen molar-refractivity contribution in [3.05, 3.63) is 95.2 Å². The summed E-state index contributed by atoms with van der Waals surface area (Å²) < 4.78 is 0. The molecule has 4 N–H and O–H groups in total. The molecule has 7 nitrogen and oxygen atoms in total. The molecule has 0 amide bonds. The standard InChI is InChI=1S/C41H51N5O2/c1-9-26-22(5)32-17-34-24(7)30(13-15-47)40(44-34)20-38-28(11-3)29(12-4)39(46-38)21-41-31(14-16-48)25(8)35(45-41)18-33-23(6)27(10-2)37(43-33)19-36(26)42-32/h17-20,41-42,46-48H,9-16,21H2,1-8H3/b32-17-,33-18-,36-19-,40-20-. The molecule has 0 radical (unpaired) electrons. The largest absolute Gasteiger partial charge is 0.396 e. The number of rotatable bonds is 8. The Hall–Kier alpha value is -4.07. The first-order chi connectivity index (χ1) is 23.2. The van der Waals surface area contributed by atoms with Crippen molar-refractivity contribution in [2.24, 2.45) is 15.0 Å². The Morgan fingerprint density at radius 2 is 1.33 bits per heavy atom. The van der Waals surface area contributed by atoms with Gasteiger partial charge >= 0.3 is 0 Å². The van der Waals surface area contributed by atoms with E-state index in [1.807, 2.05) is 0 Å². The smallest absolute Gasteiger partial charge is 0.0778 e. The van der Waals surface area contributed by atoms with Crippen LogP contribution in [0.5, 0.6) is 0 Å². The molecule has 48 heavy (non-hydrogen) atoms. The normalized spacial score (nSPS) is 22.9. The minimum absolute atomic E-state index is 0.0553. The second kappa shape index (κ2) is 13.8. The molecule has 6 heterocycles. The van der Waals surface area contributed by atoms with E-state index >= 15 is 0 Å². The van der Waals surface area contributed by atoms with Crippen LogP contribution in [0.4, 0.5) is 0 Å². The maximum atomic E-state index is 10.1. The van der Waals surface area contributed by atoms with Gasteiger partial charge in [-0.3, -0.25) is 4.99 Å². The number of hydrogen-bond donors (Lipinski definition) is 4. The molecule has 2 aromatic heterocycles. The summed E-state index contributed by atoms with van der Waals surface area (Å²) in [7, 11) is 0. The predicted molar refractivity (Wildman–Crippen MR) is 200 cm³/mol. The maximum Gasteiger partial charge on any atom is 0.0778 e. The number of aliphatic hydroxyl groups is 2. The lowest BCUT2D eigenvalue weighted by Gasteiger charge is -2.13. The fourth-order valence-corrected chi connectivity index (χ4v) is 8.12. The molecule has 10 bridgehead atoms. The first-order valence-electron chi connectivity index (χ1n) is 17.8. The van der Waals surface area contributed by atoms with Gasteiger partial charge in [-0.1, -0.05) is 27.7 Å². The number of nitrogens with one attached hydrogen (secondary N) is 2. The molecular weight excluding hydrogens is 594 g/mol. The van der Waals surface area contributed by atoms with E-state index in [4.69, 9.17) is 15.0 Å². The van der Waals surface area contributed by atoms with Crippen molar-refractivity contribution >= 4 is 35.4 Å². The first-order valence-corrected chi connectivity index (χ1v) is 17.8. The summed E-state index contributed by atoms with van der Waals surface area (Å²) in [5.74, 6) is 0. The van der Waals surface area contributed by atoms with Gasteiger partial charge in [-0.15, -0.1) is 0 Å². The van der Waals surface area contributed by atoms with E-state index in [0.29, 0.717) is 12.8 Å². The molecule has 0 saturated heterocycles. The van der Waals surface area contributed by atoms with Gasteiger partial charge < -0.3 is 20.2 Å². The summed E-state index contributed by atoms with van der Waals surface area (Å²) in [4.78, 5) is 23.3. The van der Waals surface area contributed by atoms with Crippen molar-refractivity contribution in [3.8, 4) is 0 Å². The quantitative estimate of drug-likeness (QED) is 0.273. The summed E-state index contributed by atoms with van der Waals surface area (Å²) >= 11 is 0. The first kappa shape index (κ1) is 33.8. The van der Waals surface area contributed by atoms with E-state index in [9.17, 15) is 10.2 Å². The lowest BCUT2D eigenvalue weighted by molar-refractivity contribution is 0.296. The number of hydrogen-bond acceptors (Lipinski definition) is 5. The van der Waals surface area contributed by atoms with Crippen LogP contribution in [0.1, 0.15) is 101 Å². The Morgan fingerprint density at radius 3 is 2.00 bits per heavy atom. The Balaban J connectivity index is 1.66. The number of aromatic nitrogens is 2. The average molecular weight is 646 g/mol. The molecule has 4 aliphatic rings. The van der Waals surface area contributed by atoms with E-state index in [1.54, 1.807) is 0 Å². The number of aromatic amines is 2. The van der Waals surface area contributed by atoms with E-state index in [0.717, 1.165) is 93.7 Å². The second-order valence-corrected chi connectivity index (χ2v) is 13.3. The van der Waals surface area contributed by atoms with Gasteiger partial charge in [0.2, 0.25) is 0 Å². The predicted octanol–water partition coefficient (Wildman–Crippen LogP) is 6.24. The highest BCUT2D eigenvalue weighted by molar-refractivity contribution is 6.24. The van der Waals surface area contributed by atoms with Gasteiger partial charge in [0.15, 0.2) is 0 Å². The second-order valence-electron chi connectivity index (χ2n) is 13.3. The van der Waals surface area contributed by atoms with Crippen molar-refractivity contribution in [2.75, 3.05) is 13.2 Å². The molecule has 0 spiro atoms. The van der Waals surface area contributed by atoms with Crippen molar-refractivity contribution in [2.45, 2.75) is 106 Å². The third-order valence-electron chi connectivity index (χ3n) is 10.8. The van der Waals surface area contributed by atoms with Crippen LogP contribution in [0, 0.1) is 6.92 Å². The number of nitrogens with zero attached hydrogens (tertiary/aromatic N) is 3. The van der Waals surface area contributed by atoms with Gasteiger partial charge in [0.1, 0.15) is 0 Å². The molecular formula is C41H51N5O2. The van der Waals surface area contributed by atoms with E-state index in [2.05, 4.69) is 89.7 Å². The molecule has 0 saturated carbocycles. The third kappa shape index (κ3) is 5.81. The fourth-order valence-electron chi connectivity index (χ4n) is 8.12. The van der Waals surface area contributed by atoms with E-state index in [-0.39, 0.29) is 19.3 Å². The fraction of sp³-hybridized carbons (Fsp3) is 0.439. The highest BCUT2D eigenvalue weighted by Crippen LogP contribution is 2.35. The summed E-state index contributed by atoms with van der Waals surface area (Å²) in [6.45, 7) is 17.6. The summed E-state index contributed by atoms with van der Waals surface area (Å²) in [5.41, 5.74) is 19.1. The van der Waals surface area contributed by atoms with Gasteiger partial charge in [-0.05, 0) is 146 Å². The molecule has 6 rings (SSSR count). The molecule has 0 aromatic carbocycles. The van der Waals surface area contributed by atoms with Crippen LogP contribution in [0.25, 0.3) is 18.2 Å². The maximum absolute atomic E-state index is 10.1. The monoisotopic (exact) mass is 645 g/mol. The molecule has 7 heteroatoms. The number of allylic oxidation sites excluding steroid dienone is 6. The number of aliphatic hydroxyl groups excluding tert-OH is 2. The van der Waals surface area contributed by atoms with Crippen molar-refractivity contribution in [1.82, 2.24) is 9.97 Å². The van der Waals surface area contributed by atoms with Crippen LogP contribution in [0.15, 0.2) is 65.9 Å². The molecule has 1 unspecified atom stereocenters. The van der Waals surface area contributed by atoms with Crippen molar-refractivity contribution in [3.63, 3.8) is 0 Å². The molecule has 1 atom stereocenters. The minimum atomic E-state index is -0.0553. The van der Waals surface area contributed by atoms with Crippen LogP contribution in [-0.4, -0.2) is 56.6 Å². The van der Waals surface area contributed by atoms with E-state index < -0.39 is 0 Å². The SMILES string of the molecule is CCC1=C(C)/C2=C/C3=NC(Cc4[nH]c(c(CC)c4CC)/C=C4N=C(/C=c5\[nH]/c(c(CC)c5C)=C\C1=N2)C(C)=C\4CCO)C(CCO)=C3C. The van der Waals surface area contributed by atoms with E-state index in [1.165, 1.54) is 44.7 Å². The zero-order chi connectivity index (χ0) is 34.3. The highest BCUT2D eigenvalue weighted by Gasteiger charge is 2.29. The summed E-state index contributed by atoms with van der Waals surface area (Å²) in [6.07, 6.45) is 14.2. The molecule has 4 aliphatic heterocycles. The van der Waals surface area contributed by atoms with Crippen LogP contribution >= 0.6 is 0 Å². The summed E-state index contributed by atoms with van der Waals surface area (Å²) in [5, 5.41) is 22.3. The van der Waals surface area contributed by atoms with Gasteiger partial charge in [-0.2, -0.15) is 0 Å². The molecule has 0 fully saturated rings. The van der Waals surface area contributed by atoms with Crippen molar-refractivity contribution in [1.29, 1.82) is 0 Å². The van der Waals surface area contributed by atoms with Crippen LogP contribution in [0.3, 0.4) is 0 Å². The number of fused-ring (bicyclic) bond motifs is 7. The van der Waals surface area contributed by atoms with Crippen LogP contribution < -0.4 is 10.7 Å². The lowest BCUT2D eigenvalue weighted by Crippen LogP contribution is -2.15. The Labute approximate surface area is 284 Å². The topological polar surface area (TPSA) is 109 Å². The Bertz CT molecular complexity index is 2050. The van der Waals surface area contributed by atoms with Crippen molar-refractivity contribution < 1.29 is 10.2 Å². The van der Waals surface area contributed by atoms with Gasteiger partial charge in [0, 0.05) is 41.7 Å². The Kier molecular flexibility index (Phi) is 9.73. The average Bonchev–Trinajstić information content (AvgIpc) is 3.81. The number of aliphatic imine (C=N–C) groups is 3. The molecule has 2 aromatic rings. The minimum Gasteiger partial charge on any atom is -0.396 e. The van der Waals surface area contributed by atoms with Crippen LogP contribution in [0.2, 0.25) is 0 Å². The Morgan fingerprint density at radius 1 is 0.646 bits per heavy atom. The van der Waals surface area contributed by atoms with Gasteiger partial charge in [0.25, 0.3) is 0 Å². The van der Waals surface area contributed by atoms with Gasteiger partial charge in [0.05, 0.1) is 34.6 Å². The summed E-state index contributed by atoms with van der Waals surface area (Å²) in [6, 6.07) is -0.0553. The molecule has 252 valence electrons. The zero-order valence-electron chi connectivity index (χ0n) is 30.0. The molecule has 0 aliphatic carbocycles. The number of H-pyrrole nitrogens is 2.